The summed E-state index contributed by atoms with van der Waals surface area (Å²) >= 11 is 0. The number of nitrogens with zero attached hydrogens (tertiary/aromatic N) is 1. The summed E-state index contributed by atoms with van der Waals surface area (Å²) in [4.78, 5) is 2.27. The van der Waals surface area contributed by atoms with E-state index in [4.69, 9.17) is 0 Å². The fourth-order valence-electron chi connectivity index (χ4n) is 4.31. The van der Waals surface area contributed by atoms with Crippen molar-refractivity contribution >= 4 is 11.3 Å². The van der Waals surface area contributed by atoms with Crippen LogP contribution < -0.4 is 0 Å². The van der Waals surface area contributed by atoms with Crippen molar-refractivity contribution < 1.29 is 4.39 Å². The molecule has 0 N–H and O–H groups in total. The molecule has 1 nitrogen and oxygen atoms in total. The molecule has 4 rings (SSSR count). The van der Waals surface area contributed by atoms with Gasteiger partial charge in [-0.3, -0.25) is 0 Å². The first-order valence-corrected chi connectivity index (χ1v) is 13.6. The van der Waals surface area contributed by atoms with Gasteiger partial charge >= 0.3 is 0 Å². The van der Waals surface area contributed by atoms with Gasteiger partial charge in [0.1, 0.15) is 5.82 Å². The minimum Gasteiger partial charge on any atom is -0.370 e. The first-order chi connectivity index (χ1) is 18.3. The molecule has 0 fully saturated rings. The maximum absolute atomic E-state index is 13.0. The van der Waals surface area contributed by atoms with Gasteiger partial charge in [-0.2, -0.15) is 0 Å². The first kappa shape index (κ1) is 30.6. The Morgan fingerprint density at radius 3 is 2.24 bits per heavy atom. The molecule has 1 aliphatic rings. The van der Waals surface area contributed by atoms with Crippen molar-refractivity contribution in [2.24, 2.45) is 0 Å². The van der Waals surface area contributed by atoms with E-state index >= 15 is 0 Å². The Morgan fingerprint density at radius 2 is 1.61 bits per heavy atom. The number of benzene rings is 3. The normalized spacial score (nSPS) is 12.7. The van der Waals surface area contributed by atoms with E-state index in [-0.39, 0.29) is 5.82 Å². The molecule has 0 unspecified atom stereocenters. The van der Waals surface area contributed by atoms with Gasteiger partial charge in [-0.25, -0.2) is 4.39 Å². The van der Waals surface area contributed by atoms with Crippen LogP contribution in [0, 0.1) is 12.7 Å². The van der Waals surface area contributed by atoms with E-state index in [0.29, 0.717) is 5.92 Å². The zero-order valence-electron chi connectivity index (χ0n) is 24.3. The smallest absolute Gasteiger partial charge is 0.123 e. The number of likely N-dealkylation sites (N-methyl/N-ethyl adjacent to an activating group) is 1. The second kappa shape index (κ2) is 15.6. The van der Waals surface area contributed by atoms with Crippen molar-refractivity contribution in [2.75, 3.05) is 13.6 Å². The Bertz CT molecular complexity index is 1260. The summed E-state index contributed by atoms with van der Waals surface area (Å²) in [5.74, 6) is 0.300. The fraction of sp³-hybridized carbons (Fsp3) is 0.278. The average Bonchev–Trinajstić information content (AvgIpc) is 2.94. The predicted molar refractivity (Wildman–Crippen MR) is 166 cm³/mol. The second-order valence-corrected chi connectivity index (χ2v) is 9.61. The third-order valence-electron chi connectivity index (χ3n) is 6.58. The number of hydrogen-bond donors (Lipinski definition) is 0. The van der Waals surface area contributed by atoms with Gasteiger partial charge in [0.2, 0.25) is 0 Å². The zero-order valence-corrected chi connectivity index (χ0v) is 24.3. The molecular weight excluding hydrogens is 465 g/mol. The standard InChI is InChI=1S/C21H23F.C13H15N.C2H6/c1-15(2)21-8-6-5-7-19(21)10-9-16(3)17(4)18-11-13-20(22)14-12-18;1-11-7-3-4-8-12(11)13-9-5-6-10-14(13)2;1-2/h5-9,11-15H,4,10H2,1-3H3;3-9H,10H2,1-2H3;1-2H3/b16-9-;;. The highest BCUT2D eigenvalue weighted by Gasteiger charge is 2.10. The fourth-order valence-corrected chi connectivity index (χ4v) is 4.31. The Kier molecular flexibility index (Phi) is 12.5. The summed E-state index contributed by atoms with van der Waals surface area (Å²) in [5.41, 5.74) is 9.76. The van der Waals surface area contributed by atoms with Crippen LogP contribution in [0.1, 0.15) is 68.4 Å². The van der Waals surface area contributed by atoms with Crippen LogP contribution >= 0.6 is 0 Å². The van der Waals surface area contributed by atoms with Crippen LogP contribution in [0.15, 0.2) is 109 Å². The van der Waals surface area contributed by atoms with Gasteiger partial charge in [0.05, 0.1) is 0 Å². The maximum atomic E-state index is 13.0. The molecule has 0 aromatic heterocycles. The van der Waals surface area contributed by atoms with Gasteiger partial charge in [-0.15, -0.1) is 0 Å². The molecule has 0 aliphatic carbocycles. The molecule has 0 saturated carbocycles. The molecule has 200 valence electrons. The zero-order chi connectivity index (χ0) is 28.1. The van der Waals surface area contributed by atoms with Crippen LogP contribution in [0.2, 0.25) is 0 Å². The van der Waals surface area contributed by atoms with Crippen LogP contribution in [-0.4, -0.2) is 18.5 Å². The second-order valence-electron chi connectivity index (χ2n) is 9.61. The van der Waals surface area contributed by atoms with Gasteiger partial charge in [0, 0.05) is 24.9 Å². The third kappa shape index (κ3) is 8.73. The van der Waals surface area contributed by atoms with E-state index in [1.54, 1.807) is 12.1 Å². The highest BCUT2D eigenvalue weighted by atomic mass is 19.1. The number of aryl methyl sites for hydroxylation is 1. The topological polar surface area (TPSA) is 3.24 Å². The van der Waals surface area contributed by atoms with Gasteiger partial charge in [0.25, 0.3) is 0 Å². The van der Waals surface area contributed by atoms with E-state index in [0.717, 1.165) is 29.7 Å². The monoisotopic (exact) mass is 509 g/mol. The lowest BCUT2D eigenvalue weighted by molar-refractivity contribution is 0.531. The van der Waals surface area contributed by atoms with Crippen molar-refractivity contribution in [1.29, 1.82) is 0 Å². The van der Waals surface area contributed by atoms with Crippen LogP contribution in [0.4, 0.5) is 4.39 Å². The number of allylic oxidation sites excluding steroid dienone is 5. The minimum atomic E-state index is -0.218. The molecule has 0 saturated heterocycles. The largest absolute Gasteiger partial charge is 0.370 e. The Labute approximate surface area is 230 Å². The molecule has 0 bridgehead atoms. The van der Waals surface area contributed by atoms with Gasteiger partial charge < -0.3 is 4.90 Å². The molecule has 1 heterocycles. The lowest BCUT2D eigenvalue weighted by Gasteiger charge is -2.24. The molecule has 1 aliphatic heterocycles. The van der Waals surface area contributed by atoms with Crippen molar-refractivity contribution in [3.8, 4) is 0 Å². The van der Waals surface area contributed by atoms with E-state index in [1.807, 2.05) is 13.8 Å². The van der Waals surface area contributed by atoms with Crippen molar-refractivity contribution in [2.45, 2.75) is 53.9 Å². The van der Waals surface area contributed by atoms with E-state index in [9.17, 15) is 4.39 Å². The highest BCUT2D eigenvalue weighted by Crippen LogP contribution is 2.25. The first-order valence-electron chi connectivity index (χ1n) is 13.6. The predicted octanol–water partition coefficient (Wildman–Crippen LogP) is 10.0. The van der Waals surface area contributed by atoms with E-state index in [2.05, 4.69) is 119 Å². The quantitative estimate of drug-likeness (QED) is 0.299. The molecule has 0 amide bonds. The molecule has 3 aromatic carbocycles. The Balaban J connectivity index is 0.000000272. The maximum Gasteiger partial charge on any atom is 0.123 e. The van der Waals surface area contributed by atoms with Crippen molar-refractivity contribution in [1.82, 2.24) is 4.90 Å². The summed E-state index contributed by atoms with van der Waals surface area (Å²) in [5, 5.41) is 0. The molecule has 0 atom stereocenters. The molecule has 38 heavy (non-hydrogen) atoms. The van der Waals surface area contributed by atoms with E-state index < -0.39 is 0 Å². The van der Waals surface area contributed by atoms with Gasteiger partial charge in [0.15, 0.2) is 0 Å². The minimum absolute atomic E-state index is 0.218. The molecule has 0 radical (unpaired) electrons. The van der Waals surface area contributed by atoms with Crippen LogP contribution in [-0.2, 0) is 6.42 Å². The Morgan fingerprint density at radius 1 is 0.974 bits per heavy atom. The van der Waals surface area contributed by atoms with Crippen molar-refractivity contribution in [3.63, 3.8) is 0 Å². The summed E-state index contributed by atoms with van der Waals surface area (Å²) in [6.07, 6.45) is 9.56. The molecule has 2 heteroatoms. The summed E-state index contributed by atoms with van der Waals surface area (Å²) < 4.78 is 13.0. The number of rotatable bonds is 6. The van der Waals surface area contributed by atoms with E-state index in [1.165, 1.54) is 40.1 Å². The third-order valence-corrected chi connectivity index (χ3v) is 6.58. The molecule has 0 spiro atoms. The lowest BCUT2D eigenvalue weighted by atomic mass is 9.93. The molecular formula is C36H44FN. The number of hydrogen-bond acceptors (Lipinski definition) is 1. The van der Waals surface area contributed by atoms with Crippen LogP contribution in [0.5, 0.6) is 0 Å². The van der Waals surface area contributed by atoms with Crippen molar-refractivity contribution in [3.05, 3.63) is 143 Å². The summed E-state index contributed by atoms with van der Waals surface area (Å²) in [6.45, 7) is 17.8. The SMILES string of the molecule is C=C(/C(C)=C\Cc1ccccc1C(C)C)c1ccc(F)cc1.CC.Cc1ccccc1C1=CC=CCN1C. The van der Waals surface area contributed by atoms with Gasteiger partial charge in [-0.1, -0.05) is 113 Å². The highest BCUT2D eigenvalue weighted by molar-refractivity contribution is 5.76. The Hall–Kier alpha value is -3.65. The van der Waals surface area contributed by atoms with Crippen LogP contribution in [0.25, 0.3) is 11.3 Å². The number of halogens is 1. The summed E-state index contributed by atoms with van der Waals surface area (Å²) in [6, 6.07) is 23.5. The average molecular weight is 510 g/mol. The molecule has 3 aromatic rings. The lowest BCUT2D eigenvalue weighted by Crippen LogP contribution is -2.19. The van der Waals surface area contributed by atoms with Crippen LogP contribution in [0.3, 0.4) is 0 Å². The summed E-state index contributed by atoms with van der Waals surface area (Å²) in [7, 11) is 2.13. The van der Waals surface area contributed by atoms with Gasteiger partial charge in [-0.05, 0) is 77.8 Å².